The number of hydrogen-bond donors (Lipinski definition) is 4. The molecule has 0 spiro atoms. The minimum absolute atomic E-state index is 0.00829. The van der Waals surface area contributed by atoms with E-state index in [1.807, 2.05) is 0 Å². The fourth-order valence-corrected chi connectivity index (χ4v) is 8.75. The molecule has 52 heavy (non-hydrogen) atoms. The standard InChI is InChI=1S/C36H50N8O7S/c1-35(2,51)28-20-38-41-44(28)25-19-27(32(48)40-36(29(45)30(37)46)14-16-52-17-15-36)43(21-25)34(50)26(18-22-8-6-5-7-9-22)39-31(47)23-10-12-24(13-11-23)33(49)42(3)4/h10-13,20,22,25-27,51H,5-9,14-19,21H2,1-4H3,(H2,37,46)(H,39,47)(H,40,48)/t25-,26+,27-/m0/s1. The van der Waals surface area contributed by atoms with Gasteiger partial charge in [0.05, 0.1) is 17.9 Å². The van der Waals surface area contributed by atoms with E-state index in [9.17, 15) is 33.9 Å². The molecule has 5 rings (SSSR count). The van der Waals surface area contributed by atoms with Crippen LogP contribution in [0.15, 0.2) is 30.5 Å². The topological polar surface area (TPSA) is 210 Å². The van der Waals surface area contributed by atoms with Gasteiger partial charge >= 0.3 is 0 Å². The van der Waals surface area contributed by atoms with Crippen molar-refractivity contribution >= 4 is 47.1 Å². The number of likely N-dealkylation sites (tertiary alicyclic amines) is 1. The number of nitrogens with two attached hydrogens (primary N) is 1. The number of ketones is 1. The quantitative estimate of drug-likeness (QED) is 0.231. The number of carbonyl (C=O) groups excluding carboxylic acids is 6. The van der Waals surface area contributed by atoms with Crippen LogP contribution in [0.1, 0.15) is 104 Å². The highest BCUT2D eigenvalue weighted by Crippen LogP contribution is 2.35. The van der Waals surface area contributed by atoms with Gasteiger partial charge in [-0.05, 0) is 74.8 Å². The molecular weight excluding hydrogens is 689 g/mol. The monoisotopic (exact) mass is 738 g/mol. The van der Waals surface area contributed by atoms with Crippen LogP contribution in [0, 0.1) is 5.92 Å². The lowest BCUT2D eigenvalue weighted by atomic mass is 9.84. The van der Waals surface area contributed by atoms with Crippen molar-refractivity contribution in [1.82, 2.24) is 35.4 Å². The Hall–Kier alpha value is -4.31. The van der Waals surface area contributed by atoms with E-state index in [0.717, 1.165) is 32.1 Å². The number of nitrogens with one attached hydrogen (secondary N) is 2. The van der Waals surface area contributed by atoms with E-state index in [-0.39, 0.29) is 43.2 Å². The van der Waals surface area contributed by atoms with Gasteiger partial charge in [-0.3, -0.25) is 28.8 Å². The SMILES string of the molecule is CN(C)C(=O)c1ccc(C(=O)N[C@H](CC2CCCCC2)C(=O)N2C[C@@H](n3nncc3C(C)(C)O)C[C@H]2C(=O)NC2(C(=O)C(N)=O)CCSCC2)cc1. The number of rotatable bonds is 12. The van der Waals surface area contributed by atoms with Gasteiger partial charge < -0.3 is 31.3 Å². The largest absolute Gasteiger partial charge is 0.384 e. The van der Waals surface area contributed by atoms with Crippen LogP contribution in [0.4, 0.5) is 0 Å². The van der Waals surface area contributed by atoms with Crippen molar-refractivity contribution in [2.75, 3.05) is 32.1 Å². The van der Waals surface area contributed by atoms with Gasteiger partial charge in [0, 0.05) is 38.2 Å². The molecule has 1 aromatic carbocycles. The third-order valence-electron chi connectivity index (χ3n) is 10.5. The Morgan fingerprint density at radius 2 is 1.67 bits per heavy atom. The molecule has 2 aliphatic heterocycles. The number of nitrogens with zero attached hydrogens (tertiary/aromatic N) is 5. The van der Waals surface area contributed by atoms with Crippen molar-refractivity contribution in [1.29, 1.82) is 0 Å². The van der Waals surface area contributed by atoms with E-state index in [1.54, 1.807) is 51.8 Å². The van der Waals surface area contributed by atoms with Crippen LogP contribution in [0.5, 0.6) is 0 Å². The van der Waals surface area contributed by atoms with Crippen LogP contribution in [0.25, 0.3) is 0 Å². The Morgan fingerprint density at radius 3 is 2.27 bits per heavy atom. The Labute approximate surface area is 307 Å². The second kappa shape index (κ2) is 16.1. The summed E-state index contributed by atoms with van der Waals surface area (Å²) in [4.78, 5) is 83.4. The number of benzene rings is 1. The second-order valence-corrected chi connectivity index (χ2v) is 16.2. The first-order chi connectivity index (χ1) is 24.6. The summed E-state index contributed by atoms with van der Waals surface area (Å²) in [5.74, 6) is -2.59. The van der Waals surface area contributed by atoms with E-state index in [4.69, 9.17) is 5.73 Å². The van der Waals surface area contributed by atoms with Crippen molar-refractivity contribution in [3.8, 4) is 0 Å². The molecule has 1 aliphatic carbocycles. The van der Waals surface area contributed by atoms with Crippen molar-refractivity contribution in [3.05, 3.63) is 47.3 Å². The Kier molecular flexibility index (Phi) is 12.1. The summed E-state index contributed by atoms with van der Waals surface area (Å²) < 4.78 is 1.51. The van der Waals surface area contributed by atoms with E-state index in [2.05, 4.69) is 20.9 Å². The lowest BCUT2D eigenvalue weighted by Gasteiger charge is -2.37. The summed E-state index contributed by atoms with van der Waals surface area (Å²) in [6.45, 7) is 3.18. The van der Waals surface area contributed by atoms with Gasteiger partial charge in [0.2, 0.25) is 17.6 Å². The first kappa shape index (κ1) is 38.9. The first-order valence-corrected chi connectivity index (χ1v) is 19.1. The molecule has 282 valence electrons. The molecule has 16 heteroatoms. The summed E-state index contributed by atoms with van der Waals surface area (Å²) in [6.07, 6.45) is 7.21. The molecule has 5 amide bonds. The molecule has 2 saturated heterocycles. The van der Waals surface area contributed by atoms with Gasteiger partial charge in [-0.2, -0.15) is 11.8 Å². The maximum Gasteiger partial charge on any atom is 0.287 e. The maximum atomic E-state index is 14.8. The number of hydrogen-bond acceptors (Lipinski definition) is 10. The number of amides is 5. The van der Waals surface area contributed by atoms with Crippen molar-refractivity contribution in [3.63, 3.8) is 0 Å². The highest BCUT2D eigenvalue weighted by Gasteiger charge is 2.49. The molecule has 2 aromatic rings. The van der Waals surface area contributed by atoms with Gasteiger partial charge in [-0.25, -0.2) is 4.68 Å². The Balaban J connectivity index is 1.47. The zero-order chi connectivity index (χ0) is 37.8. The van der Waals surface area contributed by atoms with Gasteiger partial charge in [0.15, 0.2) is 0 Å². The predicted octanol–water partition coefficient (Wildman–Crippen LogP) is 1.55. The van der Waals surface area contributed by atoms with E-state index in [0.29, 0.717) is 29.2 Å². The van der Waals surface area contributed by atoms with Gasteiger partial charge in [-0.15, -0.1) is 5.10 Å². The second-order valence-electron chi connectivity index (χ2n) is 14.9. The van der Waals surface area contributed by atoms with Crippen LogP contribution in [0.3, 0.4) is 0 Å². The Morgan fingerprint density at radius 1 is 1.04 bits per heavy atom. The zero-order valence-electron chi connectivity index (χ0n) is 30.3. The minimum Gasteiger partial charge on any atom is -0.384 e. The van der Waals surface area contributed by atoms with Crippen LogP contribution in [-0.4, -0.2) is 115 Å². The highest BCUT2D eigenvalue weighted by atomic mass is 32.2. The molecule has 3 fully saturated rings. The van der Waals surface area contributed by atoms with E-state index >= 15 is 0 Å². The van der Waals surface area contributed by atoms with Crippen molar-refractivity contribution < 1.29 is 33.9 Å². The first-order valence-electron chi connectivity index (χ1n) is 17.9. The van der Waals surface area contributed by atoms with Crippen molar-refractivity contribution in [2.24, 2.45) is 11.7 Å². The number of aromatic nitrogens is 3. The molecule has 1 aromatic heterocycles. The normalized spacial score (nSPS) is 21.2. The molecule has 1 saturated carbocycles. The molecule has 0 bridgehead atoms. The predicted molar refractivity (Wildman–Crippen MR) is 193 cm³/mol. The summed E-state index contributed by atoms with van der Waals surface area (Å²) in [5, 5.41) is 24.9. The van der Waals surface area contributed by atoms with Crippen LogP contribution in [-0.2, 0) is 24.8 Å². The maximum absolute atomic E-state index is 14.8. The molecule has 3 aliphatic rings. The number of aliphatic hydroxyl groups is 1. The molecule has 0 radical (unpaired) electrons. The molecular formula is C36H50N8O7S. The van der Waals surface area contributed by atoms with Crippen molar-refractivity contribution in [2.45, 2.75) is 101 Å². The fraction of sp³-hybridized carbons (Fsp3) is 0.611. The molecule has 5 N–H and O–H groups in total. The average Bonchev–Trinajstić information content (AvgIpc) is 3.80. The van der Waals surface area contributed by atoms with Gasteiger partial charge in [-0.1, -0.05) is 37.3 Å². The third-order valence-corrected chi connectivity index (χ3v) is 11.5. The van der Waals surface area contributed by atoms with Crippen LogP contribution >= 0.6 is 11.8 Å². The molecule has 15 nitrogen and oxygen atoms in total. The van der Waals surface area contributed by atoms with Crippen LogP contribution < -0.4 is 16.4 Å². The molecule has 3 heterocycles. The Bertz CT molecular complexity index is 1660. The molecule has 3 atom stereocenters. The minimum atomic E-state index is -1.50. The van der Waals surface area contributed by atoms with E-state index in [1.165, 1.54) is 32.8 Å². The summed E-state index contributed by atoms with van der Waals surface area (Å²) in [5.41, 5.74) is 3.69. The number of Topliss-reactive ketones (excluding diaryl/α,β-unsaturated/α-hetero) is 1. The summed E-state index contributed by atoms with van der Waals surface area (Å²) in [6, 6.07) is 3.52. The lowest BCUT2D eigenvalue weighted by molar-refractivity contribution is -0.145. The van der Waals surface area contributed by atoms with Gasteiger partial charge in [0.25, 0.3) is 17.7 Å². The average molecular weight is 739 g/mol. The number of primary amides is 1. The molecule has 0 unspecified atom stereocenters. The fourth-order valence-electron chi connectivity index (χ4n) is 7.56. The number of thioether (sulfide) groups is 1. The third kappa shape index (κ3) is 8.65. The lowest BCUT2D eigenvalue weighted by Crippen LogP contribution is -2.63. The van der Waals surface area contributed by atoms with E-state index < -0.39 is 58.7 Å². The summed E-state index contributed by atoms with van der Waals surface area (Å²) >= 11 is 1.60. The number of carbonyl (C=O) groups is 6. The highest BCUT2D eigenvalue weighted by molar-refractivity contribution is 7.99. The van der Waals surface area contributed by atoms with Gasteiger partial charge in [0.1, 0.15) is 23.2 Å². The zero-order valence-corrected chi connectivity index (χ0v) is 31.1. The van der Waals surface area contributed by atoms with Crippen LogP contribution in [0.2, 0.25) is 0 Å². The summed E-state index contributed by atoms with van der Waals surface area (Å²) in [7, 11) is 3.28. The smallest absolute Gasteiger partial charge is 0.287 e.